The first-order valence-electron chi connectivity index (χ1n) is 5.01. The number of benzene rings is 1. The Morgan fingerprint density at radius 2 is 1.59 bits per heavy atom. The highest BCUT2D eigenvalue weighted by Gasteiger charge is 2.40. The van der Waals surface area contributed by atoms with Crippen molar-refractivity contribution in [3.05, 3.63) is 37.9 Å². The molecule has 0 aromatic heterocycles. The molecule has 22 heavy (non-hydrogen) atoms. The maximum atomic E-state index is 12.6. The van der Waals surface area contributed by atoms with Crippen molar-refractivity contribution in [3.8, 4) is 5.75 Å². The van der Waals surface area contributed by atoms with Crippen LogP contribution in [-0.4, -0.2) is 21.8 Å². The molecule has 1 aromatic rings. The van der Waals surface area contributed by atoms with E-state index in [1.54, 1.807) is 0 Å². The number of phosphoric acid groups is 1. The molecular weight excluding hydrogens is 340 g/mol. The van der Waals surface area contributed by atoms with Crippen LogP contribution in [0.1, 0.15) is 5.56 Å². The van der Waals surface area contributed by atoms with Gasteiger partial charge in [-0.2, -0.15) is 13.2 Å². The molecule has 0 amide bonds. The van der Waals surface area contributed by atoms with E-state index in [0.29, 0.717) is 7.11 Å². The van der Waals surface area contributed by atoms with E-state index in [-0.39, 0.29) is 12.1 Å². The number of rotatable bonds is 5. The first kappa shape index (κ1) is 17.8. The number of nitrogens with zero attached hydrogens (tertiary/aromatic N) is 2. The van der Waals surface area contributed by atoms with Crippen LogP contribution in [0, 0.1) is 20.2 Å². The van der Waals surface area contributed by atoms with Gasteiger partial charge in [-0.25, -0.2) is 4.57 Å². The van der Waals surface area contributed by atoms with E-state index in [2.05, 4.69) is 9.05 Å². The third-order valence-corrected chi connectivity index (χ3v) is 3.08. The molecule has 0 bridgehead atoms. The minimum Gasteiger partial charge on any atom is -0.389 e. The summed E-state index contributed by atoms with van der Waals surface area (Å²) in [6.07, 6.45) is -5.11. The van der Waals surface area contributed by atoms with Crippen LogP contribution in [0.2, 0.25) is 0 Å². The highest BCUT2D eigenvalue weighted by Crippen LogP contribution is 2.51. The molecule has 0 aliphatic carbocycles. The molecule has 1 unspecified atom stereocenters. The van der Waals surface area contributed by atoms with Crippen LogP contribution in [0.15, 0.2) is 12.1 Å². The summed E-state index contributed by atoms with van der Waals surface area (Å²) in [7, 11) is -4.32. The molecule has 14 heteroatoms. The fraction of sp³-hybridized carbons (Fsp3) is 0.250. The number of phosphoric ester groups is 1. The molecule has 0 spiro atoms. The largest absolute Gasteiger partial charge is 0.527 e. The second-order valence-corrected chi connectivity index (χ2v) is 5.08. The van der Waals surface area contributed by atoms with E-state index >= 15 is 0 Å². The van der Waals surface area contributed by atoms with Gasteiger partial charge in [0.1, 0.15) is 0 Å². The maximum absolute atomic E-state index is 12.6. The second-order valence-electron chi connectivity index (χ2n) is 3.60. The van der Waals surface area contributed by atoms with Gasteiger partial charge in [0.2, 0.25) is 0 Å². The van der Waals surface area contributed by atoms with Crippen LogP contribution in [-0.2, 0) is 15.3 Å². The number of alkyl halides is 3. The predicted molar refractivity (Wildman–Crippen MR) is 62.2 cm³/mol. The standard InChI is InChI=1S/C8H6F3N2O8P/c1-20-22(18,19)21-7-5(12(14)15)2-4(8(9,10)11)3-6(7)13(16)17/h2-3H,1H3,(H,18,19). The number of halogens is 3. The molecule has 0 saturated heterocycles. The van der Waals surface area contributed by atoms with Crippen LogP contribution in [0.5, 0.6) is 5.75 Å². The highest BCUT2D eigenvalue weighted by atomic mass is 31.2. The molecule has 0 aliphatic heterocycles. The van der Waals surface area contributed by atoms with Gasteiger partial charge in [-0.3, -0.25) is 29.6 Å². The molecule has 1 aromatic carbocycles. The quantitative estimate of drug-likeness (QED) is 0.487. The van der Waals surface area contributed by atoms with Gasteiger partial charge in [0.15, 0.2) is 0 Å². The number of nitro benzene ring substituents is 2. The van der Waals surface area contributed by atoms with Crippen molar-refractivity contribution in [2.45, 2.75) is 6.18 Å². The van der Waals surface area contributed by atoms with Crippen LogP contribution >= 0.6 is 7.82 Å². The van der Waals surface area contributed by atoms with E-state index in [1.165, 1.54) is 0 Å². The Morgan fingerprint density at radius 1 is 1.18 bits per heavy atom. The lowest BCUT2D eigenvalue weighted by Crippen LogP contribution is -2.09. The van der Waals surface area contributed by atoms with Gasteiger partial charge < -0.3 is 4.52 Å². The number of nitro groups is 2. The minimum atomic E-state index is -5.11. The zero-order valence-corrected chi connectivity index (χ0v) is 11.3. The summed E-state index contributed by atoms with van der Waals surface area (Å²) in [5.41, 5.74) is -4.70. The first-order chi connectivity index (χ1) is 9.89. The zero-order chi connectivity index (χ0) is 17.3. The third kappa shape index (κ3) is 3.90. The molecule has 1 N–H and O–H groups in total. The molecule has 0 heterocycles. The van der Waals surface area contributed by atoms with Gasteiger partial charge in [-0.15, -0.1) is 0 Å². The van der Waals surface area contributed by atoms with Gasteiger partial charge in [0, 0.05) is 19.2 Å². The average molecular weight is 346 g/mol. The van der Waals surface area contributed by atoms with Crippen molar-refractivity contribution in [2.75, 3.05) is 7.11 Å². The summed E-state index contributed by atoms with van der Waals surface area (Å²) < 4.78 is 57.1. The van der Waals surface area contributed by atoms with Crippen molar-refractivity contribution in [3.63, 3.8) is 0 Å². The predicted octanol–water partition coefficient (Wildman–Crippen LogP) is 2.65. The molecule has 0 aliphatic rings. The van der Waals surface area contributed by atoms with Gasteiger partial charge >= 0.3 is 25.4 Å². The smallest absolute Gasteiger partial charge is 0.389 e. The van der Waals surface area contributed by atoms with Crippen molar-refractivity contribution < 1.29 is 41.5 Å². The fourth-order valence-corrected chi connectivity index (χ4v) is 1.77. The molecule has 0 fully saturated rings. The van der Waals surface area contributed by atoms with Crippen LogP contribution in [0.25, 0.3) is 0 Å². The Hall–Kier alpha value is -2.24. The number of hydrogen-bond donors (Lipinski definition) is 1. The van der Waals surface area contributed by atoms with Gasteiger partial charge in [-0.1, -0.05) is 0 Å². The Morgan fingerprint density at radius 3 is 1.86 bits per heavy atom. The lowest BCUT2D eigenvalue weighted by atomic mass is 10.1. The molecule has 122 valence electrons. The summed E-state index contributed by atoms with van der Waals surface area (Å²) in [5.74, 6) is -1.42. The second kappa shape index (κ2) is 5.87. The van der Waals surface area contributed by atoms with Crippen molar-refractivity contribution in [1.29, 1.82) is 0 Å². The van der Waals surface area contributed by atoms with E-state index in [1.807, 2.05) is 0 Å². The normalized spacial score (nSPS) is 14.2. The molecular formula is C8H6F3N2O8P. The minimum absolute atomic E-state index is 0.0575. The molecule has 1 atom stereocenters. The molecule has 1 rings (SSSR count). The summed E-state index contributed by atoms with van der Waals surface area (Å²) in [6.45, 7) is 0. The molecule has 0 saturated carbocycles. The van der Waals surface area contributed by atoms with E-state index in [4.69, 9.17) is 4.89 Å². The topological polar surface area (TPSA) is 142 Å². The van der Waals surface area contributed by atoms with Crippen LogP contribution < -0.4 is 4.52 Å². The molecule has 0 radical (unpaired) electrons. The Labute approximate surface area is 119 Å². The Balaban J connectivity index is 3.69. The monoisotopic (exact) mass is 346 g/mol. The number of hydrogen-bond acceptors (Lipinski definition) is 7. The maximum Gasteiger partial charge on any atom is 0.527 e. The van der Waals surface area contributed by atoms with Gasteiger partial charge in [-0.05, 0) is 0 Å². The highest BCUT2D eigenvalue weighted by molar-refractivity contribution is 7.47. The van der Waals surface area contributed by atoms with Crippen LogP contribution in [0.3, 0.4) is 0 Å². The lowest BCUT2D eigenvalue weighted by molar-refractivity contribution is -0.395. The summed E-state index contributed by atoms with van der Waals surface area (Å²) in [5, 5.41) is 21.5. The summed E-state index contributed by atoms with van der Waals surface area (Å²) >= 11 is 0. The van der Waals surface area contributed by atoms with E-state index in [0.717, 1.165) is 0 Å². The average Bonchev–Trinajstić information content (AvgIpc) is 2.36. The zero-order valence-electron chi connectivity index (χ0n) is 10.4. The van der Waals surface area contributed by atoms with E-state index < -0.39 is 46.5 Å². The molecule has 10 nitrogen and oxygen atoms in total. The van der Waals surface area contributed by atoms with Crippen molar-refractivity contribution >= 4 is 19.2 Å². The third-order valence-electron chi connectivity index (χ3n) is 2.21. The lowest BCUT2D eigenvalue weighted by Gasteiger charge is -2.12. The van der Waals surface area contributed by atoms with Crippen molar-refractivity contribution in [1.82, 2.24) is 0 Å². The van der Waals surface area contributed by atoms with Crippen molar-refractivity contribution in [2.24, 2.45) is 0 Å². The Bertz CT molecular complexity index is 641. The summed E-state index contributed by atoms with van der Waals surface area (Å²) in [4.78, 5) is 27.8. The van der Waals surface area contributed by atoms with E-state index in [9.17, 15) is 38.0 Å². The first-order valence-corrected chi connectivity index (χ1v) is 6.50. The van der Waals surface area contributed by atoms with Gasteiger partial charge in [0.25, 0.3) is 5.75 Å². The van der Waals surface area contributed by atoms with Crippen LogP contribution in [0.4, 0.5) is 24.5 Å². The Kier molecular flexibility index (Phi) is 4.75. The SMILES string of the molecule is COP(=O)(O)Oc1c([N+](=O)[O-])cc(C(F)(F)F)cc1[N+](=O)[O-]. The van der Waals surface area contributed by atoms with Gasteiger partial charge in [0.05, 0.1) is 15.4 Å². The summed E-state index contributed by atoms with van der Waals surface area (Å²) in [6, 6.07) is -0.115. The fourth-order valence-electron chi connectivity index (χ4n) is 1.28.